The Morgan fingerprint density at radius 3 is 2.96 bits per heavy atom. The average Bonchev–Trinajstić information content (AvgIpc) is 3.14. The van der Waals surface area contributed by atoms with Crippen LogP contribution in [0.1, 0.15) is 15.9 Å². The summed E-state index contributed by atoms with van der Waals surface area (Å²) in [6.07, 6.45) is 3.75. The summed E-state index contributed by atoms with van der Waals surface area (Å²) in [4.78, 5) is 14.4. The van der Waals surface area contributed by atoms with Crippen molar-refractivity contribution in [2.45, 2.75) is 19.2 Å². The van der Waals surface area contributed by atoms with Crippen molar-refractivity contribution in [3.63, 3.8) is 0 Å². The molecule has 0 saturated carbocycles. The molecule has 0 spiro atoms. The Morgan fingerprint density at radius 1 is 1.36 bits per heavy atom. The van der Waals surface area contributed by atoms with Gasteiger partial charge in [-0.2, -0.15) is 5.10 Å². The van der Waals surface area contributed by atoms with Gasteiger partial charge >= 0.3 is 5.97 Å². The standard InChI is InChI=1S/C18H23N3O4/c1-23-17-6-3-5-15(18(22)24-2)16(17)13-20-9-10-25-14(11-20)12-21-8-4-7-19-21/h3-8,14H,9-13H2,1-2H3. The summed E-state index contributed by atoms with van der Waals surface area (Å²) < 4.78 is 18.1. The molecule has 0 amide bonds. The number of benzene rings is 1. The molecule has 1 atom stereocenters. The summed E-state index contributed by atoms with van der Waals surface area (Å²) in [5.41, 5.74) is 1.38. The second-order valence-corrected chi connectivity index (χ2v) is 5.93. The molecule has 2 aromatic rings. The van der Waals surface area contributed by atoms with Crippen molar-refractivity contribution in [1.82, 2.24) is 14.7 Å². The van der Waals surface area contributed by atoms with E-state index in [1.807, 2.05) is 23.0 Å². The Labute approximate surface area is 147 Å². The quantitative estimate of drug-likeness (QED) is 0.741. The maximum absolute atomic E-state index is 12.1. The minimum atomic E-state index is -0.352. The smallest absolute Gasteiger partial charge is 0.338 e. The first kappa shape index (κ1) is 17.4. The fourth-order valence-corrected chi connectivity index (χ4v) is 3.10. The van der Waals surface area contributed by atoms with E-state index in [-0.39, 0.29) is 12.1 Å². The van der Waals surface area contributed by atoms with Gasteiger partial charge in [0.25, 0.3) is 0 Å². The Hall–Kier alpha value is -2.38. The molecule has 3 rings (SSSR count). The monoisotopic (exact) mass is 345 g/mol. The molecule has 7 nitrogen and oxygen atoms in total. The highest BCUT2D eigenvalue weighted by molar-refractivity contribution is 5.91. The summed E-state index contributed by atoms with van der Waals surface area (Å²) in [5.74, 6) is 0.341. The molecule has 0 bridgehead atoms. The number of aromatic nitrogens is 2. The molecule has 134 valence electrons. The van der Waals surface area contributed by atoms with Gasteiger partial charge in [-0.1, -0.05) is 6.07 Å². The van der Waals surface area contributed by atoms with E-state index in [1.54, 1.807) is 25.4 Å². The van der Waals surface area contributed by atoms with E-state index in [1.165, 1.54) is 7.11 Å². The van der Waals surface area contributed by atoms with Gasteiger partial charge in [-0.25, -0.2) is 4.79 Å². The Balaban J connectivity index is 1.73. The van der Waals surface area contributed by atoms with E-state index in [4.69, 9.17) is 14.2 Å². The molecule has 25 heavy (non-hydrogen) atoms. The molecule has 1 aromatic carbocycles. The summed E-state index contributed by atoms with van der Waals surface area (Å²) in [6, 6.07) is 7.33. The van der Waals surface area contributed by atoms with Gasteiger partial charge in [0.05, 0.1) is 39.0 Å². The summed E-state index contributed by atoms with van der Waals surface area (Å²) in [6.45, 7) is 3.52. The fraction of sp³-hybridized carbons (Fsp3) is 0.444. The molecule has 0 aliphatic carbocycles. The van der Waals surface area contributed by atoms with Crippen molar-refractivity contribution < 1.29 is 19.0 Å². The third kappa shape index (κ3) is 4.18. The highest BCUT2D eigenvalue weighted by atomic mass is 16.5. The van der Waals surface area contributed by atoms with Crippen LogP contribution in [-0.4, -0.2) is 60.7 Å². The zero-order valence-electron chi connectivity index (χ0n) is 14.6. The number of ether oxygens (including phenoxy) is 3. The van der Waals surface area contributed by atoms with Crippen molar-refractivity contribution in [3.8, 4) is 5.75 Å². The van der Waals surface area contributed by atoms with E-state index in [0.29, 0.717) is 31.0 Å². The average molecular weight is 345 g/mol. The Bertz CT molecular complexity index is 702. The highest BCUT2D eigenvalue weighted by Crippen LogP contribution is 2.25. The van der Waals surface area contributed by atoms with Crippen LogP contribution in [0.4, 0.5) is 0 Å². The molecular formula is C18H23N3O4. The maximum Gasteiger partial charge on any atom is 0.338 e. The molecule has 7 heteroatoms. The first-order valence-corrected chi connectivity index (χ1v) is 8.27. The SMILES string of the molecule is COC(=O)c1cccc(OC)c1CN1CCOC(Cn2cccn2)C1. The minimum absolute atomic E-state index is 0.0601. The first-order valence-electron chi connectivity index (χ1n) is 8.27. The normalized spacial score (nSPS) is 18.1. The van der Waals surface area contributed by atoms with Gasteiger partial charge in [-0.05, 0) is 18.2 Å². The lowest BCUT2D eigenvalue weighted by Gasteiger charge is -2.33. The van der Waals surface area contributed by atoms with Crippen molar-refractivity contribution >= 4 is 5.97 Å². The van der Waals surface area contributed by atoms with E-state index in [9.17, 15) is 4.79 Å². The van der Waals surface area contributed by atoms with Crippen molar-refractivity contribution in [2.75, 3.05) is 33.9 Å². The highest BCUT2D eigenvalue weighted by Gasteiger charge is 2.24. The largest absolute Gasteiger partial charge is 0.496 e. The van der Waals surface area contributed by atoms with Crippen molar-refractivity contribution in [3.05, 3.63) is 47.8 Å². The van der Waals surface area contributed by atoms with Crippen LogP contribution in [0.25, 0.3) is 0 Å². The molecule has 2 heterocycles. The summed E-state index contributed by atoms with van der Waals surface area (Å²) in [7, 11) is 3.00. The topological polar surface area (TPSA) is 65.8 Å². The number of esters is 1. The van der Waals surface area contributed by atoms with E-state index < -0.39 is 0 Å². The number of nitrogens with zero attached hydrogens (tertiary/aromatic N) is 3. The molecule has 1 aromatic heterocycles. The van der Waals surface area contributed by atoms with Crippen LogP contribution in [0.2, 0.25) is 0 Å². The van der Waals surface area contributed by atoms with Crippen LogP contribution in [0, 0.1) is 0 Å². The lowest BCUT2D eigenvalue weighted by atomic mass is 10.0. The molecule has 1 fully saturated rings. The summed E-state index contributed by atoms with van der Waals surface area (Å²) in [5, 5.41) is 4.23. The molecule has 0 N–H and O–H groups in total. The van der Waals surface area contributed by atoms with Gasteiger partial charge in [0.1, 0.15) is 5.75 Å². The Morgan fingerprint density at radius 2 is 2.24 bits per heavy atom. The molecule has 1 saturated heterocycles. The number of rotatable bonds is 6. The molecule has 0 radical (unpaired) electrons. The van der Waals surface area contributed by atoms with E-state index in [2.05, 4.69) is 10.00 Å². The number of morpholine rings is 1. The van der Waals surface area contributed by atoms with Crippen molar-refractivity contribution in [2.24, 2.45) is 0 Å². The number of methoxy groups -OCH3 is 2. The predicted octanol–water partition coefficient (Wildman–Crippen LogP) is 1.58. The summed E-state index contributed by atoms with van der Waals surface area (Å²) >= 11 is 0. The van der Waals surface area contributed by atoms with Gasteiger partial charge in [-0.15, -0.1) is 0 Å². The van der Waals surface area contributed by atoms with Gasteiger partial charge in [0.15, 0.2) is 0 Å². The second kappa shape index (κ2) is 8.13. The zero-order chi connectivity index (χ0) is 17.6. The number of hydrogen-bond donors (Lipinski definition) is 0. The number of carbonyl (C=O) groups is 1. The maximum atomic E-state index is 12.1. The van der Waals surface area contributed by atoms with E-state index >= 15 is 0 Å². The van der Waals surface area contributed by atoms with E-state index in [0.717, 1.165) is 18.7 Å². The second-order valence-electron chi connectivity index (χ2n) is 5.93. The third-order valence-electron chi connectivity index (χ3n) is 4.31. The van der Waals surface area contributed by atoms with Crippen LogP contribution in [0.5, 0.6) is 5.75 Å². The first-order chi connectivity index (χ1) is 12.2. The minimum Gasteiger partial charge on any atom is -0.496 e. The van der Waals surface area contributed by atoms with Crippen LogP contribution < -0.4 is 4.74 Å². The van der Waals surface area contributed by atoms with Crippen molar-refractivity contribution in [1.29, 1.82) is 0 Å². The third-order valence-corrected chi connectivity index (χ3v) is 4.31. The van der Waals surface area contributed by atoms with Gasteiger partial charge in [0, 0.05) is 37.6 Å². The van der Waals surface area contributed by atoms with Crippen LogP contribution in [0.15, 0.2) is 36.7 Å². The van der Waals surface area contributed by atoms with Crippen LogP contribution in [0.3, 0.4) is 0 Å². The molecule has 1 aliphatic heterocycles. The molecule has 1 aliphatic rings. The lowest BCUT2D eigenvalue weighted by molar-refractivity contribution is -0.0404. The van der Waals surface area contributed by atoms with Crippen LogP contribution in [-0.2, 0) is 22.6 Å². The fourth-order valence-electron chi connectivity index (χ4n) is 3.10. The predicted molar refractivity (Wildman–Crippen MR) is 91.6 cm³/mol. The van der Waals surface area contributed by atoms with Gasteiger partial charge in [-0.3, -0.25) is 9.58 Å². The van der Waals surface area contributed by atoms with Crippen LogP contribution >= 0.6 is 0 Å². The lowest BCUT2D eigenvalue weighted by Crippen LogP contribution is -2.44. The zero-order valence-corrected chi connectivity index (χ0v) is 14.6. The Kier molecular flexibility index (Phi) is 5.67. The number of hydrogen-bond acceptors (Lipinski definition) is 6. The molecular weight excluding hydrogens is 322 g/mol. The molecule has 1 unspecified atom stereocenters. The van der Waals surface area contributed by atoms with Gasteiger partial charge < -0.3 is 14.2 Å². The number of carbonyl (C=O) groups excluding carboxylic acids is 1. The van der Waals surface area contributed by atoms with Gasteiger partial charge in [0.2, 0.25) is 0 Å².